The maximum absolute atomic E-state index is 9.86. The summed E-state index contributed by atoms with van der Waals surface area (Å²) >= 11 is 0. The summed E-state index contributed by atoms with van der Waals surface area (Å²) < 4.78 is 0. The van der Waals surface area contributed by atoms with Gasteiger partial charge in [-0.1, -0.05) is 0 Å². The lowest BCUT2D eigenvalue weighted by Gasteiger charge is -2.06. The number of hydrogen-bond acceptors (Lipinski definition) is 3. The summed E-state index contributed by atoms with van der Waals surface area (Å²) in [5, 5.41) is 16.6. The van der Waals surface area contributed by atoms with Crippen LogP contribution in [0.3, 0.4) is 0 Å². The topological polar surface area (TPSA) is 83.5 Å². The quantitative estimate of drug-likeness (QED) is 0.387. The minimum absolute atomic E-state index is 0. The molecule has 4 nitrogen and oxygen atoms in total. The van der Waals surface area contributed by atoms with Crippen molar-refractivity contribution in [2.45, 2.75) is 19.1 Å². The zero-order valence-electron chi connectivity index (χ0n) is 4.53. The van der Waals surface area contributed by atoms with Crippen molar-refractivity contribution in [2.24, 2.45) is 5.73 Å². The number of carboxylic acids is 1. The van der Waals surface area contributed by atoms with Gasteiger partial charge < -0.3 is 15.9 Å². The predicted molar refractivity (Wildman–Crippen MR) is 35.8 cm³/mol. The van der Waals surface area contributed by atoms with Crippen LogP contribution in [0, 0.1) is 0 Å². The van der Waals surface area contributed by atoms with Gasteiger partial charge in [0.15, 0.2) is 0 Å². The van der Waals surface area contributed by atoms with Gasteiger partial charge in [0.1, 0.15) is 6.04 Å². The van der Waals surface area contributed by atoms with Gasteiger partial charge in [-0.05, 0) is 6.92 Å². The van der Waals surface area contributed by atoms with Gasteiger partial charge in [-0.2, -0.15) is 0 Å². The van der Waals surface area contributed by atoms with E-state index in [-0.39, 0.29) is 23.1 Å². The van der Waals surface area contributed by atoms with Crippen molar-refractivity contribution in [3.8, 4) is 0 Å². The van der Waals surface area contributed by atoms with Crippen LogP contribution in [-0.2, 0) is 4.79 Å². The first-order valence-corrected chi connectivity index (χ1v) is 2.22. The third-order valence-electron chi connectivity index (χ3n) is 0.805. The molecule has 0 bridgehead atoms. The van der Waals surface area contributed by atoms with Crippen LogP contribution in [0.15, 0.2) is 0 Å². The van der Waals surface area contributed by atoms with Crippen molar-refractivity contribution in [3.63, 3.8) is 0 Å². The Morgan fingerprint density at radius 2 is 2.00 bits per heavy atom. The summed E-state index contributed by atoms with van der Waals surface area (Å²) in [4.78, 5) is 9.86. The Labute approximate surface area is 69.2 Å². The molecule has 0 radical (unpaired) electrons. The Hall–Kier alpha value is 0.156. The molecule has 0 spiro atoms. The molecule has 0 fully saturated rings. The highest BCUT2D eigenvalue weighted by atomic mass is 24.3. The second kappa shape index (κ2) is 4.98. The van der Waals surface area contributed by atoms with E-state index in [0.717, 1.165) is 0 Å². The fourth-order valence-corrected chi connectivity index (χ4v) is 0.206. The maximum atomic E-state index is 9.86. The van der Waals surface area contributed by atoms with Gasteiger partial charge >= 0.3 is 29.0 Å². The molecule has 0 aliphatic carbocycles. The van der Waals surface area contributed by atoms with Gasteiger partial charge in [0.25, 0.3) is 0 Å². The van der Waals surface area contributed by atoms with Crippen LogP contribution in [0.25, 0.3) is 0 Å². The highest BCUT2D eigenvalue weighted by molar-refractivity contribution is 5.75. The first kappa shape index (κ1) is 11.9. The molecular weight excluding hydrogens is 134 g/mol. The molecule has 0 aromatic heterocycles. The maximum Gasteiger partial charge on any atom is 0.323 e. The summed E-state index contributed by atoms with van der Waals surface area (Å²) in [5.74, 6) is -1.18. The van der Waals surface area contributed by atoms with E-state index in [4.69, 9.17) is 15.9 Å². The average molecular weight is 145 g/mol. The Morgan fingerprint density at radius 3 is 2.00 bits per heavy atom. The van der Waals surface area contributed by atoms with Crippen LogP contribution in [0.2, 0.25) is 0 Å². The second-order valence-electron chi connectivity index (χ2n) is 1.60. The van der Waals surface area contributed by atoms with Gasteiger partial charge in [-0.15, -0.1) is 0 Å². The largest absolute Gasteiger partial charge is 0.480 e. The van der Waals surface area contributed by atoms with Crippen LogP contribution in [0.1, 0.15) is 6.92 Å². The van der Waals surface area contributed by atoms with E-state index in [1.165, 1.54) is 6.92 Å². The van der Waals surface area contributed by atoms with Crippen LogP contribution in [0.4, 0.5) is 0 Å². The summed E-state index contributed by atoms with van der Waals surface area (Å²) in [6.07, 6.45) is -0.979. The highest BCUT2D eigenvalue weighted by Crippen LogP contribution is 1.85. The third-order valence-corrected chi connectivity index (χ3v) is 0.805. The average Bonchev–Trinajstić information content (AvgIpc) is 1.64. The van der Waals surface area contributed by atoms with Gasteiger partial charge in [0, 0.05) is 0 Å². The number of rotatable bonds is 2. The molecule has 0 aromatic rings. The Bertz CT molecular complexity index is 95.8. The van der Waals surface area contributed by atoms with Crippen LogP contribution >= 0.6 is 0 Å². The molecule has 0 aliphatic rings. The molecule has 0 rings (SSSR count). The van der Waals surface area contributed by atoms with Crippen LogP contribution in [-0.4, -0.2) is 51.4 Å². The van der Waals surface area contributed by atoms with Gasteiger partial charge in [-0.3, -0.25) is 4.79 Å². The number of aliphatic hydroxyl groups is 1. The molecule has 5 heteroatoms. The van der Waals surface area contributed by atoms with E-state index in [0.29, 0.717) is 0 Å². The summed E-state index contributed by atoms with van der Waals surface area (Å²) in [6.45, 7) is 1.33. The number of aliphatic carboxylic acids is 1. The normalized spacial score (nSPS) is 15.4. The van der Waals surface area contributed by atoms with Gasteiger partial charge in [0.05, 0.1) is 6.10 Å². The molecular formula is C4H11MgNO3. The molecule has 0 heterocycles. The molecule has 2 atom stereocenters. The fraction of sp³-hybridized carbons (Fsp3) is 0.750. The zero-order chi connectivity index (χ0) is 6.73. The van der Waals surface area contributed by atoms with Crippen molar-refractivity contribution in [2.75, 3.05) is 0 Å². The van der Waals surface area contributed by atoms with Crippen molar-refractivity contribution in [1.82, 2.24) is 0 Å². The van der Waals surface area contributed by atoms with Gasteiger partial charge in [-0.25, -0.2) is 0 Å². The number of carbonyl (C=O) groups is 1. The van der Waals surface area contributed by atoms with Crippen molar-refractivity contribution in [3.05, 3.63) is 0 Å². The van der Waals surface area contributed by atoms with Crippen LogP contribution in [0.5, 0.6) is 0 Å². The monoisotopic (exact) mass is 145 g/mol. The Kier molecular flexibility index (Phi) is 6.58. The van der Waals surface area contributed by atoms with E-state index in [2.05, 4.69) is 0 Å². The number of carboxylic acid groups (broad SMARTS) is 1. The highest BCUT2D eigenvalue weighted by Gasteiger charge is 2.16. The number of nitrogens with two attached hydrogens (primary N) is 1. The van der Waals surface area contributed by atoms with Crippen molar-refractivity contribution < 1.29 is 15.0 Å². The first-order chi connectivity index (χ1) is 3.55. The fourth-order valence-electron chi connectivity index (χ4n) is 0.206. The summed E-state index contributed by atoms with van der Waals surface area (Å²) in [6, 6.07) is -1.16. The van der Waals surface area contributed by atoms with E-state index in [1.54, 1.807) is 0 Å². The lowest BCUT2D eigenvalue weighted by atomic mass is 10.2. The molecule has 0 saturated heterocycles. The van der Waals surface area contributed by atoms with E-state index >= 15 is 0 Å². The summed E-state index contributed by atoms with van der Waals surface area (Å²) in [7, 11) is 0. The van der Waals surface area contributed by atoms with Crippen LogP contribution < -0.4 is 5.73 Å². The molecule has 0 unspecified atom stereocenters. The lowest BCUT2D eigenvalue weighted by Crippen LogP contribution is -2.39. The first-order valence-electron chi connectivity index (χ1n) is 2.22. The lowest BCUT2D eigenvalue weighted by molar-refractivity contribution is -0.140. The Morgan fingerprint density at radius 1 is 1.67 bits per heavy atom. The number of hydrogen-bond donors (Lipinski definition) is 3. The minimum atomic E-state index is -1.18. The number of aliphatic hydroxyl groups excluding tert-OH is 1. The van der Waals surface area contributed by atoms with Gasteiger partial charge in [0.2, 0.25) is 0 Å². The molecule has 0 amide bonds. The standard InChI is InChI=1S/C4H9NO3.Mg.2H/c1-2(6)3(5)4(7)8;;;/h2-3,6H,5H2,1H3,(H,7,8);;;/t2-,3+;;;/m1.../s1. The van der Waals surface area contributed by atoms with E-state index < -0.39 is 18.1 Å². The molecule has 0 aliphatic heterocycles. The van der Waals surface area contributed by atoms with Crippen molar-refractivity contribution in [1.29, 1.82) is 0 Å². The van der Waals surface area contributed by atoms with Crippen molar-refractivity contribution >= 4 is 29.0 Å². The molecule has 0 saturated carbocycles. The smallest absolute Gasteiger partial charge is 0.323 e. The molecule has 52 valence electrons. The summed E-state index contributed by atoms with van der Waals surface area (Å²) in [5.41, 5.74) is 4.91. The zero-order valence-corrected chi connectivity index (χ0v) is 4.53. The minimum Gasteiger partial charge on any atom is -0.480 e. The second-order valence-corrected chi connectivity index (χ2v) is 1.60. The Balaban J connectivity index is 0. The molecule has 4 N–H and O–H groups in total. The molecule has 9 heavy (non-hydrogen) atoms. The van der Waals surface area contributed by atoms with E-state index in [1.807, 2.05) is 0 Å². The molecule has 0 aromatic carbocycles. The SMILES string of the molecule is C[C@@H](O)[C@H](N)C(=O)O.[MgH2]. The van der Waals surface area contributed by atoms with E-state index in [9.17, 15) is 4.79 Å². The third kappa shape index (κ3) is 4.65. The predicted octanol–water partition coefficient (Wildman–Crippen LogP) is -2.14.